The van der Waals surface area contributed by atoms with E-state index in [1.807, 2.05) is 58.0 Å². The minimum absolute atomic E-state index is 0.163. The molecule has 1 fully saturated rings. The molecule has 0 aromatic heterocycles. The minimum Gasteiger partial charge on any atom is -0.480 e. The Morgan fingerprint density at radius 3 is 2.41 bits per heavy atom. The first kappa shape index (κ1) is 27.8. The number of hydrogen-bond acceptors (Lipinski definition) is 5. The van der Waals surface area contributed by atoms with Crippen molar-refractivity contribution in [2.45, 2.75) is 84.0 Å². The Hall–Kier alpha value is -2.45. The Labute approximate surface area is 203 Å². The fourth-order valence-electron chi connectivity index (χ4n) is 4.54. The van der Waals surface area contributed by atoms with Gasteiger partial charge in [-0.15, -0.1) is 0 Å². The third-order valence-electron chi connectivity index (χ3n) is 6.63. The molecule has 8 nitrogen and oxygen atoms in total. The fraction of sp³-hybridized carbons (Fsp3) is 0.654. The molecule has 1 heterocycles. The van der Waals surface area contributed by atoms with Gasteiger partial charge >= 0.3 is 5.97 Å². The maximum absolute atomic E-state index is 13.1. The molecule has 0 spiro atoms. The van der Waals surface area contributed by atoms with Gasteiger partial charge in [0.1, 0.15) is 6.04 Å². The number of aliphatic carboxylic acids is 1. The number of nitrogens with two attached hydrogens (primary N) is 1. The Morgan fingerprint density at radius 1 is 1.15 bits per heavy atom. The normalized spacial score (nSPS) is 19.9. The standard InChI is InChI=1S/C26H42N4O4/c1-5-18(4)23(26(33)34)29-25(32)22-12-9-13-30(22)16-20(15-19-10-7-6-8-11-19)28-24(31)21(27)14-17(2)3/h6-8,10-11,17-18,20-23H,5,9,12-16,27H2,1-4H3,(H,28,31)(H,29,32)(H,33,34)/t18-,20-,21-,22-,23-/m0/s1. The van der Waals surface area contributed by atoms with Crippen LogP contribution >= 0.6 is 0 Å². The molecule has 8 heteroatoms. The number of carboxylic acid groups (broad SMARTS) is 1. The van der Waals surface area contributed by atoms with Crippen LogP contribution in [0.15, 0.2) is 30.3 Å². The molecule has 2 amide bonds. The van der Waals surface area contributed by atoms with E-state index in [1.165, 1.54) is 0 Å². The molecule has 5 atom stereocenters. The van der Waals surface area contributed by atoms with Crippen LogP contribution in [-0.2, 0) is 20.8 Å². The number of amides is 2. The SMILES string of the molecule is CC[C@H](C)[C@H](NC(=O)[C@@H]1CCCN1C[C@H](Cc1ccccc1)NC(=O)[C@@H](N)CC(C)C)C(=O)O. The average Bonchev–Trinajstić information content (AvgIpc) is 3.24. The summed E-state index contributed by atoms with van der Waals surface area (Å²) in [5, 5.41) is 15.4. The van der Waals surface area contributed by atoms with Crippen molar-refractivity contribution in [3.8, 4) is 0 Å². The molecule has 0 radical (unpaired) electrons. The number of carbonyl (C=O) groups is 3. The lowest BCUT2D eigenvalue weighted by Crippen LogP contribution is -2.55. The van der Waals surface area contributed by atoms with Crippen LogP contribution in [0.5, 0.6) is 0 Å². The van der Waals surface area contributed by atoms with Gasteiger partial charge in [0.2, 0.25) is 11.8 Å². The highest BCUT2D eigenvalue weighted by Gasteiger charge is 2.35. The van der Waals surface area contributed by atoms with Gasteiger partial charge in [0.25, 0.3) is 0 Å². The molecule has 0 unspecified atom stereocenters. The van der Waals surface area contributed by atoms with Crippen LogP contribution in [0.1, 0.15) is 58.9 Å². The highest BCUT2D eigenvalue weighted by Crippen LogP contribution is 2.20. The predicted octanol–water partition coefficient (Wildman–Crippen LogP) is 2.17. The van der Waals surface area contributed by atoms with Gasteiger partial charge in [-0.2, -0.15) is 0 Å². The van der Waals surface area contributed by atoms with Crippen molar-refractivity contribution >= 4 is 17.8 Å². The second-order valence-electron chi connectivity index (χ2n) is 9.99. The van der Waals surface area contributed by atoms with Crippen molar-refractivity contribution in [2.24, 2.45) is 17.6 Å². The molecular weight excluding hydrogens is 432 g/mol. The molecule has 0 bridgehead atoms. The average molecular weight is 475 g/mol. The summed E-state index contributed by atoms with van der Waals surface area (Å²) in [7, 11) is 0. The number of carbonyl (C=O) groups excluding carboxylic acids is 2. The molecule has 1 aromatic carbocycles. The van der Waals surface area contributed by atoms with Crippen LogP contribution in [0.4, 0.5) is 0 Å². The van der Waals surface area contributed by atoms with Crippen molar-refractivity contribution in [1.29, 1.82) is 0 Å². The number of hydrogen-bond donors (Lipinski definition) is 4. The van der Waals surface area contributed by atoms with E-state index in [1.54, 1.807) is 0 Å². The first-order valence-corrected chi connectivity index (χ1v) is 12.5. The molecule has 0 saturated carbocycles. The summed E-state index contributed by atoms with van der Waals surface area (Å²) in [4.78, 5) is 39.6. The lowest BCUT2D eigenvalue weighted by molar-refractivity contribution is -0.144. The van der Waals surface area contributed by atoms with Crippen molar-refractivity contribution in [3.63, 3.8) is 0 Å². The van der Waals surface area contributed by atoms with E-state index in [2.05, 4.69) is 15.5 Å². The Morgan fingerprint density at radius 2 is 1.82 bits per heavy atom. The molecular formula is C26H42N4O4. The molecule has 190 valence electrons. The summed E-state index contributed by atoms with van der Waals surface area (Å²) in [6.07, 6.45) is 3.39. The highest BCUT2D eigenvalue weighted by molar-refractivity contribution is 5.87. The first-order chi connectivity index (χ1) is 16.1. The van der Waals surface area contributed by atoms with Gasteiger partial charge in [0, 0.05) is 12.6 Å². The summed E-state index contributed by atoms with van der Waals surface area (Å²) in [5.74, 6) is -1.30. The van der Waals surface area contributed by atoms with Gasteiger partial charge in [-0.25, -0.2) is 4.79 Å². The highest BCUT2D eigenvalue weighted by atomic mass is 16.4. The van der Waals surface area contributed by atoms with Crippen LogP contribution in [0.2, 0.25) is 0 Å². The fourth-order valence-corrected chi connectivity index (χ4v) is 4.54. The maximum Gasteiger partial charge on any atom is 0.326 e. The quantitative estimate of drug-likeness (QED) is 0.347. The van der Waals surface area contributed by atoms with Crippen molar-refractivity contribution in [1.82, 2.24) is 15.5 Å². The van der Waals surface area contributed by atoms with Crippen LogP contribution in [0, 0.1) is 11.8 Å². The van der Waals surface area contributed by atoms with E-state index in [4.69, 9.17) is 5.73 Å². The lowest BCUT2D eigenvalue weighted by Gasteiger charge is -2.31. The lowest BCUT2D eigenvalue weighted by atomic mass is 9.98. The molecule has 5 N–H and O–H groups in total. The predicted molar refractivity (Wildman–Crippen MR) is 133 cm³/mol. The third-order valence-corrected chi connectivity index (χ3v) is 6.63. The second-order valence-corrected chi connectivity index (χ2v) is 9.99. The molecule has 34 heavy (non-hydrogen) atoms. The Bertz CT molecular complexity index is 801. The van der Waals surface area contributed by atoms with E-state index in [0.717, 1.165) is 18.5 Å². The molecule has 1 saturated heterocycles. The summed E-state index contributed by atoms with van der Waals surface area (Å²) in [6.45, 7) is 9.02. The maximum atomic E-state index is 13.1. The molecule has 1 aromatic rings. The zero-order chi connectivity index (χ0) is 25.3. The number of carboxylic acids is 1. The van der Waals surface area contributed by atoms with Gasteiger partial charge in [-0.1, -0.05) is 64.4 Å². The number of nitrogens with zero attached hydrogens (tertiary/aromatic N) is 1. The second kappa shape index (κ2) is 13.4. The van der Waals surface area contributed by atoms with Crippen LogP contribution < -0.4 is 16.4 Å². The van der Waals surface area contributed by atoms with E-state index < -0.39 is 24.1 Å². The molecule has 0 aliphatic carbocycles. The van der Waals surface area contributed by atoms with E-state index in [0.29, 0.717) is 38.1 Å². The molecule has 1 aliphatic heterocycles. The van der Waals surface area contributed by atoms with E-state index in [9.17, 15) is 19.5 Å². The van der Waals surface area contributed by atoms with Gasteiger partial charge < -0.3 is 21.5 Å². The summed E-state index contributed by atoms with van der Waals surface area (Å²) < 4.78 is 0. The largest absolute Gasteiger partial charge is 0.480 e. The molecule has 2 rings (SSSR count). The first-order valence-electron chi connectivity index (χ1n) is 12.5. The van der Waals surface area contributed by atoms with E-state index in [-0.39, 0.29) is 23.8 Å². The number of rotatable bonds is 13. The zero-order valence-corrected chi connectivity index (χ0v) is 21.0. The Kier molecular flexibility index (Phi) is 11.0. The summed E-state index contributed by atoms with van der Waals surface area (Å²) >= 11 is 0. The third kappa shape index (κ3) is 8.40. The van der Waals surface area contributed by atoms with Gasteiger partial charge in [0.15, 0.2) is 0 Å². The van der Waals surface area contributed by atoms with E-state index >= 15 is 0 Å². The number of nitrogens with one attached hydrogen (secondary N) is 2. The topological polar surface area (TPSA) is 125 Å². The van der Waals surface area contributed by atoms with Gasteiger partial charge in [-0.05, 0) is 49.6 Å². The smallest absolute Gasteiger partial charge is 0.326 e. The van der Waals surface area contributed by atoms with Crippen molar-refractivity contribution in [3.05, 3.63) is 35.9 Å². The van der Waals surface area contributed by atoms with Gasteiger partial charge in [-0.3, -0.25) is 14.5 Å². The summed E-state index contributed by atoms with van der Waals surface area (Å²) in [5.41, 5.74) is 7.21. The molecule has 1 aliphatic rings. The van der Waals surface area contributed by atoms with Crippen molar-refractivity contribution in [2.75, 3.05) is 13.1 Å². The summed E-state index contributed by atoms with van der Waals surface area (Å²) in [6, 6.07) is 7.80. The van der Waals surface area contributed by atoms with Crippen LogP contribution in [-0.4, -0.2) is 65.0 Å². The zero-order valence-electron chi connectivity index (χ0n) is 21.0. The number of benzene rings is 1. The van der Waals surface area contributed by atoms with Gasteiger partial charge in [0.05, 0.1) is 12.1 Å². The Balaban J connectivity index is 2.12. The monoisotopic (exact) mass is 474 g/mol. The van der Waals surface area contributed by atoms with Crippen LogP contribution in [0.25, 0.3) is 0 Å². The number of likely N-dealkylation sites (tertiary alicyclic amines) is 1. The van der Waals surface area contributed by atoms with Crippen LogP contribution in [0.3, 0.4) is 0 Å². The van der Waals surface area contributed by atoms with Crippen molar-refractivity contribution < 1.29 is 19.5 Å². The minimum atomic E-state index is -1.01.